The maximum atomic E-state index is 12.8. The fourth-order valence-electron chi connectivity index (χ4n) is 3.42. The summed E-state index contributed by atoms with van der Waals surface area (Å²) in [6, 6.07) is 21.7. The highest BCUT2D eigenvalue weighted by Gasteiger charge is 2.20. The van der Waals surface area contributed by atoms with Gasteiger partial charge in [-0.1, -0.05) is 42.5 Å². The van der Waals surface area contributed by atoms with E-state index in [9.17, 15) is 4.79 Å². The molecule has 142 valence electrons. The SMILES string of the molecule is COc1ccc2cc([C@H](C)C(=O)NC(C)c3cc4ccccc4o3)ccc2c1. The highest BCUT2D eigenvalue weighted by molar-refractivity contribution is 5.88. The van der Waals surface area contributed by atoms with Crippen LogP contribution in [0.2, 0.25) is 0 Å². The number of furan rings is 1. The van der Waals surface area contributed by atoms with Crippen molar-refractivity contribution in [3.8, 4) is 5.75 Å². The van der Waals surface area contributed by atoms with Crippen molar-refractivity contribution in [1.82, 2.24) is 5.32 Å². The van der Waals surface area contributed by atoms with Crippen LogP contribution in [0.4, 0.5) is 0 Å². The van der Waals surface area contributed by atoms with Crippen LogP contribution >= 0.6 is 0 Å². The van der Waals surface area contributed by atoms with E-state index in [-0.39, 0.29) is 17.9 Å². The molecule has 3 aromatic carbocycles. The minimum atomic E-state index is -0.265. The van der Waals surface area contributed by atoms with E-state index in [4.69, 9.17) is 9.15 Å². The molecule has 0 radical (unpaired) electrons. The van der Waals surface area contributed by atoms with Crippen molar-refractivity contribution >= 4 is 27.6 Å². The quantitative estimate of drug-likeness (QED) is 0.497. The molecule has 4 heteroatoms. The first-order valence-corrected chi connectivity index (χ1v) is 9.41. The van der Waals surface area contributed by atoms with E-state index in [1.807, 2.05) is 74.5 Å². The summed E-state index contributed by atoms with van der Waals surface area (Å²) in [5.41, 5.74) is 1.81. The van der Waals surface area contributed by atoms with E-state index >= 15 is 0 Å². The lowest BCUT2D eigenvalue weighted by Crippen LogP contribution is -2.30. The van der Waals surface area contributed by atoms with Gasteiger partial charge in [0.05, 0.1) is 19.1 Å². The fraction of sp³-hybridized carbons (Fsp3) is 0.208. The molecule has 4 rings (SSSR count). The summed E-state index contributed by atoms with van der Waals surface area (Å²) in [5, 5.41) is 6.28. The molecule has 0 saturated heterocycles. The Kier molecular flexibility index (Phi) is 4.78. The standard InChI is InChI=1S/C24H23NO3/c1-15(17-8-9-19-13-21(27-3)11-10-18(19)12-17)24(26)25-16(2)23-14-20-6-4-5-7-22(20)28-23/h4-16H,1-3H3,(H,25,26)/t15-,16?/m0/s1. The van der Waals surface area contributed by atoms with Gasteiger partial charge in [0.25, 0.3) is 0 Å². The average molecular weight is 373 g/mol. The second kappa shape index (κ2) is 7.39. The van der Waals surface area contributed by atoms with Crippen LogP contribution in [0, 0.1) is 0 Å². The molecule has 1 heterocycles. The molecule has 0 aliphatic heterocycles. The zero-order valence-electron chi connectivity index (χ0n) is 16.2. The van der Waals surface area contributed by atoms with E-state index in [1.165, 1.54) is 0 Å². The second-order valence-corrected chi connectivity index (χ2v) is 7.11. The molecule has 2 atom stereocenters. The summed E-state index contributed by atoms with van der Waals surface area (Å²) in [5.74, 6) is 1.29. The van der Waals surface area contributed by atoms with Crippen LogP contribution in [0.5, 0.6) is 5.75 Å². The van der Waals surface area contributed by atoms with Crippen LogP contribution in [0.15, 0.2) is 71.1 Å². The van der Waals surface area contributed by atoms with Gasteiger partial charge in [-0.25, -0.2) is 0 Å². The lowest BCUT2D eigenvalue weighted by atomic mass is 9.96. The van der Waals surface area contributed by atoms with Gasteiger partial charge in [0.15, 0.2) is 0 Å². The molecule has 4 aromatic rings. The third-order valence-electron chi connectivity index (χ3n) is 5.19. The zero-order valence-corrected chi connectivity index (χ0v) is 16.2. The first-order valence-electron chi connectivity index (χ1n) is 9.41. The third kappa shape index (κ3) is 3.46. The number of carbonyl (C=O) groups excluding carboxylic acids is 1. The number of ether oxygens (including phenoxy) is 1. The van der Waals surface area contributed by atoms with Crippen molar-refractivity contribution in [2.45, 2.75) is 25.8 Å². The normalized spacial score (nSPS) is 13.4. The molecule has 0 spiro atoms. The van der Waals surface area contributed by atoms with Crippen LogP contribution in [0.1, 0.15) is 37.1 Å². The summed E-state index contributed by atoms with van der Waals surface area (Å²) >= 11 is 0. The van der Waals surface area contributed by atoms with Gasteiger partial charge in [-0.05, 0) is 54.4 Å². The monoisotopic (exact) mass is 373 g/mol. The molecule has 28 heavy (non-hydrogen) atoms. The Morgan fingerprint density at radius 1 is 0.929 bits per heavy atom. The molecule has 1 N–H and O–H groups in total. The average Bonchev–Trinajstić information content (AvgIpc) is 3.16. The van der Waals surface area contributed by atoms with Crippen LogP contribution in [-0.2, 0) is 4.79 Å². The lowest BCUT2D eigenvalue weighted by molar-refractivity contribution is -0.123. The zero-order chi connectivity index (χ0) is 19.7. The van der Waals surface area contributed by atoms with Gasteiger partial charge in [-0.15, -0.1) is 0 Å². The summed E-state index contributed by atoms with van der Waals surface area (Å²) in [6.07, 6.45) is 0. The van der Waals surface area contributed by atoms with Crippen molar-refractivity contribution in [1.29, 1.82) is 0 Å². The van der Waals surface area contributed by atoms with Gasteiger partial charge in [0.1, 0.15) is 17.1 Å². The number of para-hydroxylation sites is 1. The van der Waals surface area contributed by atoms with Crippen LogP contribution < -0.4 is 10.1 Å². The molecule has 0 aliphatic rings. The Morgan fingerprint density at radius 3 is 2.46 bits per heavy atom. The van der Waals surface area contributed by atoms with Gasteiger partial charge in [-0.2, -0.15) is 0 Å². The van der Waals surface area contributed by atoms with Crippen molar-refractivity contribution in [3.63, 3.8) is 0 Å². The third-order valence-corrected chi connectivity index (χ3v) is 5.19. The first kappa shape index (κ1) is 18.1. The topological polar surface area (TPSA) is 51.5 Å². The molecule has 0 saturated carbocycles. The molecule has 1 unspecified atom stereocenters. The molecular formula is C24H23NO3. The summed E-state index contributed by atoms with van der Waals surface area (Å²) in [4.78, 5) is 12.8. The number of rotatable bonds is 5. The van der Waals surface area contributed by atoms with Crippen LogP contribution in [-0.4, -0.2) is 13.0 Å². The minimum absolute atomic E-state index is 0.0270. The van der Waals surface area contributed by atoms with Crippen molar-refractivity contribution in [2.24, 2.45) is 0 Å². The number of hydrogen-bond acceptors (Lipinski definition) is 3. The Bertz CT molecular complexity index is 1110. The van der Waals surface area contributed by atoms with Gasteiger partial charge in [0, 0.05) is 5.39 Å². The smallest absolute Gasteiger partial charge is 0.227 e. The molecule has 0 fully saturated rings. The Labute approximate surface area is 164 Å². The number of hydrogen-bond donors (Lipinski definition) is 1. The number of methoxy groups -OCH3 is 1. The molecular weight excluding hydrogens is 350 g/mol. The Balaban J connectivity index is 1.51. The number of carbonyl (C=O) groups is 1. The van der Waals surface area contributed by atoms with E-state index in [2.05, 4.69) is 11.4 Å². The van der Waals surface area contributed by atoms with Crippen LogP contribution in [0.25, 0.3) is 21.7 Å². The molecule has 1 aromatic heterocycles. The highest BCUT2D eigenvalue weighted by atomic mass is 16.5. The summed E-state index contributed by atoms with van der Waals surface area (Å²) in [6.45, 7) is 3.86. The fourth-order valence-corrected chi connectivity index (χ4v) is 3.42. The minimum Gasteiger partial charge on any atom is -0.497 e. The maximum Gasteiger partial charge on any atom is 0.227 e. The van der Waals surface area contributed by atoms with E-state index in [0.29, 0.717) is 0 Å². The Morgan fingerprint density at radius 2 is 1.68 bits per heavy atom. The largest absolute Gasteiger partial charge is 0.497 e. The highest BCUT2D eigenvalue weighted by Crippen LogP contribution is 2.27. The predicted molar refractivity (Wildman–Crippen MR) is 112 cm³/mol. The number of nitrogens with one attached hydrogen (secondary N) is 1. The summed E-state index contributed by atoms with van der Waals surface area (Å²) in [7, 11) is 1.66. The number of fused-ring (bicyclic) bond motifs is 2. The summed E-state index contributed by atoms with van der Waals surface area (Å²) < 4.78 is 11.1. The first-order chi connectivity index (χ1) is 13.5. The Hall–Kier alpha value is -3.27. The van der Waals surface area contributed by atoms with Gasteiger partial charge in [0.2, 0.25) is 5.91 Å². The predicted octanol–water partition coefficient (Wildman–Crippen LogP) is 5.58. The van der Waals surface area contributed by atoms with Crippen molar-refractivity contribution < 1.29 is 13.9 Å². The molecule has 1 amide bonds. The van der Waals surface area contributed by atoms with E-state index < -0.39 is 0 Å². The van der Waals surface area contributed by atoms with Crippen molar-refractivity contribution in [2.75, 3.05) is 7.11 Å². The van der Waals surface area contributed by atoms with E-state index in [0.717, 1.165) is 38.8 Å². The maximum absolute atomic E-state index is 12.8. The van der Waals surface area contributed by atoms with E-state index in [1.54, 1.807) is 7.11 Å². The molecule has 0 bridgehead atoms. The molecule has 4 nitrogen and oxygen atoms in total. The number of amides is 1. The van der Waals surface area contributed by atoms with Crippen molar-refractivity contribution in [3.05, 3.63) is 78.1 Å². The number of benzene rings is 3. The van der Waals surface area contributed by atoms with Gasteiger partial charge < -0.3 is 14.5 Å². The lowest BCUT2D eigenvalue weighted by Gasteiger charge is -2.17. The molecule has 0 aliphatic carbocycles. The van der Waals surface area contributed by atoms with Gasteiger partial charge in [-0.3, -0.25) is 4.79 Å². The second-order valence-electron chi connectivity index (χ2n) is 7.11. The van der Waals surface area contributed by atoms with Gasteiger partial charge >= 0.3 is 0 Å². The van der Waals surface area contributed by atoms with Crippen LogP contribution in [0.3, 0.4) is 0 Å².